The van der Waals surface area contributed by atoms with Gasteiger partial charge in [-0.3, -0.25) is 4.79 Å². The van der Waals surface area contributed by atoms with Crippen molar-refractivity contribution < 1.29 is 9.53 Å². The highest BCUT2D eigenvalue weighted by Gasteiger charge is 2.25. The summed E-state index contributed by atoms with van der Waals surface area (Å²) in [5.74, 6) is -0.188. The highest BCUT2D eigenvalue weighted by molar-refractivity contribution is 5.66. The van der Waals surface area contributed by atoms with Gasteiger partial charge in [0.2, 0.25) is 0 Å². The molecule has 1 atom stereocenters. The van der Waals surface area contributed by atoms with Crippen LogP contribution in [0.2, 0.25) is 0 Å². The average molecular weight is 158 g/mol. The van der Waals surface area contributed by atoms with Gasteiger partial charge in [-0.15, -0.1) is 0 Å². The van der Waals surface area contributed by atoms with Crippen LogP contribution in [0, 0.1) is 5.41 Å². The number of carbonyl (C=O) groups is 1. The minimum absolute atomic E-state index is 0.0417. The third-order valence-electron chi connectivity index (χ3n) is 1.64. The highest BCUT2D eigenvalue weighted by atomic mass is 16.5. The topological polar surface area (TPSA) is 26.3 Å². The first kappa shape index (κ1) is 10.5. The second-order valence-electron chi connectivity index (χ2n) is 3.87. The summed E-state index contributed by atoms with van der Waals surface area (Å²) in [4.78, 5) is 10.6. The second-order valence-corrected chi connectivity index (χ2v) is 3.87. The molecule has 0 amide bonds. The molecule has 0 aromatic heterocycles. The van der Waals surface area contributed by atoms with Crippen molar-refractivity contribution in [3.63, 3.8) is 0 Å². The maximum absolute atomic E-state index is 10.6. The molecule has 0 fully saturated rings. The average Bonchev–Trinajstić information content (AvgIpc) is 1.79. The molecule has 0 aromatic carbocycles. The van der Waals surface area contributed by atoms with Crippen LogP contribution in [0.3, 0.4) is 0 Å². The summed E-state index contributed by atoms with van der Waals surface area (Å²) in [5.41, 5.74) is 0.0560. The second kappa shape index (κ2) is 3.74. The first-order valence-corrected chi connectivity index (χ1v) is 4.05. The molecule has 2 nitrogen and oxygen atoms in total. The molecular formula is C9H18O2. The van der Waals surface area contributed by atoms with Crippen LogP contribution < -0.4 is 0 Å². The quantitative estimate of drug-likeness (QED) is 0.577. The van der Waals surface area contributed by atoms with E-state index in [4.69, 9.17) is 4.74 Å². The normalized spacial score (nSPS) is 14.3. The van der Waals surface area contributed by atoms with Crippen molar-refractivity contribution in [3.8, 4) is 0 Å². The predicted octanol–water partition coefficient (Wildman–Crippen LogP) is 2.37. The minimum atomic E-state index is -0.188. The van der Waals surface area contributed by atoms with Gasteiger partial charge < -0.3 is 4.74 Å². The summed E-state index contributed by atoms with van der Waals surface area (Å²) in [7, 11) is 0. The summed E-state index contributed by atoms with van der Waals surface area (Å²) in [5, 5.41) is 0. The minimum Gasteiger partial charge on any atom is -0.462 e. The van der Waals surface area contributed by atoms with E-state index in [2.05, 4.69) is 20.8 Å². The van der Waals surface area contributed by atoms with E-state index in [0.29, 0.717) is 0 Å². The van der Waals surface area contributed by atoms with Gasteiger partial charge in [0.25, 0.3) is 0 Å². The van der Waals surface area contributed by atoms with Crippen LogP contribution in [0.25, 0.3) is 0 Å². The fourth-order valence-corrected chi connectivity index (χ4v) is 1.07. The Morgan fingerprint density at radius 1 is 1.45 bits per heavy atom. The fourth-order valence-electron chi connectivity index (χ4n) is 1.07. The molecule has 0 saturated heterocycles. The van der Waals surface area contributed by atoms with Crippen LogP contribution in [0.5, 0.6) is 0 Å². The van der Waals surface area contributed by atoms with E-state index in [1.807, 2.05) is 6.92 Å². The van der Waals surface area contributed by atoms with E-state index < -0.39 is 0 Å². The zero-order valence-corrected chi connectivity index (χ0v) is 8.10. The van der Waals surface area contributed by atoms with E-state index in [-0.39, 0.29) is 17.5 Å². The van der Waals surface area contributed by atoms with Crippen LogP contribution in [0.4, 0.5) is 0 Å². The lowest BCUT2D eigenvalue weighted by Gasteiger charge is -2.28. The molecule has 0 radical (unpaired) electrons. The van der Waals surface area contributed by atoms with E-state index in [1.54, 1.807) is 0 Å². The van der Waals surface area contributed by atoms with Crippen LogP contribution in [-0.4, -0.2) is 12.1 Å². The zero-order valence-electron chi connectivity index (χ0n) is 8.10. The molecule has 0 bridgehead atoms. The lowest BCUT2D eigenvalue weighted by atomic mass is 9.87. The predicted molar refractivity (Wildman–Crippen MR) is 45.3 cm³/mol. The zero-order chi connectivity index (χ0) is 9.07. The Kier molecular flexibility index (Phi) is 3.56. The lowest BCUT2D eigenvalue weighted by molar-refractivity contribution is -0.152. The maximum atomic E-state index is 10.6. The molecule has 0 unspecified atom stereocenters. The third kappa shape index (κ3) is 4.02. The molecule has 0 aromatic rings. The number of carbonyl (C=O) groups excluding carboxylic acids is 1. The first-order chi connectivity index (χ1) is 4.88. The highest BCUT2D eigenvalue weighted by Crippen LogP contribution is 2.24. The molecule has 0 saturated carbocycles. The van der Waals surface area contributed by atoms with E-state index in [0.717, 1.165) is 6.42 Å². The Hall–Kier alpha value is -0.530. The molecule has 11 heavy (non-hydrogen) atoms. The Morgan fingerprint density at radius 3 is 2.00 bits per heavy atom. The summed E-state index contributed by atoms with van der Waals surface area (Å²) in [6.07, 6.45) is 0.920. The van der Waals surface area contributed by atoms with Gasteiger partial charge in [0.05, 0.1) is 0 Å². The van der Waals surface area contributed by atoms with E-state index in [1.165, 1.54) is 6.92 Å². The number of hydrogen-bond donors (Lipinski definition) is 0. The SMILES string of the molecule is CC[C@H](OC(C)=O)C(C)(C)C. The van der Waals surface area contributed by atoms with Gasteiger partial charge in [0, 0.05) is 6.92 Å². The Bertz CT molecular complexity index is 133. The standard InChI is InChI=1S/C9H18O2/c1-6-8(9(3,4)5)11-7(2)10/h8H,6H2,1-5H3/t8-/m0/s1. The van der Waals surface area contributed by atoms with Gasteiger partial charge in [-0.2, -0.15) is 0 Å². The van der Waals surface area contributed by atoms with Gasteiger partial charge in [-0.25, -0.2) is 0 Å². The lowest BCUT2D eigenvalue weighted by Crippen LogP contribution is -2.30. The molecule has 0 spiro atoms. The van der Waals surface area contributed by atoms with Crippen molar-refractivity contribution in [1.29, 1.82) is 0 Å². The fraction of sp³-hybridized carbons (Fsp3) is 0.889. The van der Waals surface area contributed by atoms with Crippen molar-refractivity contribution in [2.75, 3.05) is 0 Å². The van der Waals surface area contributed by atoms with E-state index in [9.17, 15) is 4.79 Å². The molecule has 0 aliphatic rings. The van der Waals surface area contributed by atoms with Gasteiger partial charge in [-0.05, 0) is 11.8 Å². The Labute approximate surface area is 68.9 Å². The molecule has 2 heteroatoms. The van der Waals surface area contributed by atoms with Crippen LogP contribution >= 0.6 is 0 Å². The molecule has 0 N–H and O–H groups in total. The van der Waals surface area contributed by atoms with Crippen molar-refractivity contribution in [1.82, 2.24) is 0 Å². The van der Waals surface area contributed by atoms with Gasteiger partial charge in [0.1, 0.15) is 6.10 Å². The smallest absolute Gasteiger partial charge is 0.302 e. The van der Waals surface area contributed by atoms with Crippen molar-refractivity contribution in [2.24, 2.45) is 5.41 Å². The third-order valence-corrected chi connectivity index (χ3v) is 1.64. The van der Waals surface area contributed by atoms with Crippen molar-refractivity contribution in [2.45, 2.75) is 47.1 Å². The molecule has 66 valence electrons. The number of ether oxygens (including phenoxy) is 1. The molecular weight excluding hydrogens is 140 g/mol. The van der Waals surface area contributed by atoms with Crippen LogP contribution in [0.15, 0.2) is 0 Å². The maximum Gasteiger partial charge on any atom is 0.302 e. The first-order valence-electron chi connectivity index (χ1n) is 4.05. The van der Waals surface area contributed by atoms with E-state index >= 15 is 0 Å². The van der Waals surface area contributed by atoms with Crippen LogP contribution in [-0.2, 0) is 9.53 Å². The van der Waals surface area contributed by atoms with Crippen LogP contribution in [0.1, 0.15) is 41.0 Å². The summed E-state index contributed by atoms with van der Waals surface area (Å²) >= 11 is 0. The van der Waals surface area contributed by atoms with Crippen molar-refractivity contribution >= 4 is 5.97 Å². The molecule has 0 aliphatic carbocycles. The number of rotatable bonds is 2. The van der Waals surface area contributed by atoms with Gasteiger partial charge >= 0.3 is 5.97 Å². The Balaban J connectivity index is 4.07. The molecule has 0 heterocycles. The van der Waals surface area contributed by atoms with Crippen molar-refractivity contribution in [3.05, 3.63) is 0 Å². The van der Waals surface area contributed by atoms with Gasteiger partial charge in [0.15, 0.2) is 0 Å². The number of hydrogen-bond acceptors (Lipinski definition) is 2. The molecule has 0 rings (SSSR count). The number of esters is 1. The largest absolute Gasteiger partial charge is 0.462 e. The molecule has 0 aliphatic heterocycles. The summed E-state index contributed by atoms with van der Waals surface area (Å²) < 4.78 is 5.12. The summed E-state index contributed by atoms with van der Waals surface area (Å²) in [6.45, 7) is 9.70. The Morgan fingerprint density at radius 2 is 1.91 bits per heavy atom. The monoisotopic (exact) mass is 158 g/mol. The summed E-state index contributed by atoms with van der Waals surface area (Å²) in [6, 6.07) is 0. The van der Waals surface area contributed by atoms with Gasteiger partial charge in [-0.1, -0.05) is 27.7 Å².